The van der Waals surface area contributed by atoms with Crippen molar-refractivity contribution in [2.24, 2.45) is 0 Å². The van der Waals surface area contributed by atoms with Crippen molar-refractivity contribution in [2.45, 2.75) is 0 Å². The third kappa shape index (κ3) is 8.82. The quantitative estimate of drug-likeness (QED) is 0.539. The Balaban J connectivity index is 0. The summed E-state index contributed by atoms with van der Waals surface area (Å²) in [5.74, 6) is 0. The van der Waals surface area contributed by atoms with E-state index < -0.39 is 0 Å². The summed E-state index contributed by atoms with van der Waals surface area (Å²) in [6.45, 7) is 0. The molecular weight excluding hydrogens is 262 g/mol. The van der Waals surface area contributed by atoms with E-state index in [-0.39, 0.29) is 80.6 Å². The van der Waals surface area contributed by atoms with Gasteiger partial charge in [0.1, 0.15) is 0 Å². The molecule has 1 radical (unpaired) electrons. The minimum atomic E-state index is 0. The molecule has 0 aliphatic carbocycles. The SMILES string of the molecule is [Fe].[Nb].[Ti].[Zn]. The molecule has 0 N–H and O–H groups in total. The van der Waals surface area contributed by atoms with Crippen molar-refractivity contribution in [3.63, 3.8) is 0 Å². The van der Waals surface area contributed by atoms with Gasteiger partial charge in [0, 0.05) is 80.6 Å². The fourth-order valence-corrected chi connectivity index (χ4v) is 0. The first-order valence-corrected chi connectivity index (χ1v) is 0. The number of hydrogen-bond acceptors (Lipinski definition) is 0. The van der Waals surface area contributed by atoms with Crippen molar-refractivity contribution in [3.05, 3.63) is 0 Å². The first-order valence-electron chi connectivity index (χ1n) is 0. The van der Waals surface area contributed by atoms with Gasteiger partial charge in [-0.25, -0.2) is 0 Å². The Morgan fingerprint density at radius 3 is 1.00 bits per heavy atom. The fourth-order valence-electron chi connectivity index (χ4n) is 0. The molecule has 0 aromatic carbocycles. The summed E-state index contributed by atoms with van der Waals surface area (Å²) in [6, 6.07) is 0. The van der Waals surface area contributed by atoms with Crippen LogP contribution in [0.5, 0.6) is 0 Å². The molecule has 0 bridgehead atoms. The largest absolute Gasteiger partial charge is 0 e. The van der Waals surface area contributed by atoms with Gasteiger partial charge in [-0.15, -0.1) is 0 Å². The van der Waals surface area contributed by atoms with Crippen molar-refractivity contribution >= 4 is 0 Å². The van der Waals surface area contributed by atoms with E-state index in [1.54, 1.807) is 0 Å². The Morgan fingerprint density at radius 2 is 1.00 bits per heavy atom. The van der Waals surface area contributed by atoms with Gasteiger partial charge >= 0.3 is 0 Å². The maximum absolute atomic E-state index is 0. The first kappa shape index (κ1) is 30.6. The minimum Gasteiger partial charge on any atom is 0 e. The van der Waals surface area contributed by atoms with Crippen molar-refractivity contribution in [3.8, 4) is 0 Å². The van der Waals surface area contributed by atoms with Gasteiger partial charge in [-0.2, -0.15) is 0 Å². The van der Waals surface area contributed by atoms with Crippen LogP contribution < -0.4 is 0 Å². The molecule has 0 aromatic rings. The average molecular weight is 262 g/mol. The van der Waals surface area contributed by atoms with E-state index >= 15 is 0 Å². The minimum absolute atomic E-state index is 0. The summed E-state index contributed by atoms with van der Waals surface area (Å²) >= 11 is 0. The van der Waals surface area contributed by atoms with E-state index in [0.29, 0.717) is 0 Å². The zero-order valence-corrected chi connectivity index (χ0v) is 9.84. The van der Waals surface area contributed by atoms with Crippen molar-refractivity contribution in [1.82, 2.24) is 0 Å². The molecule has 0 heterocycles. The van der Waals surface area contributed by atoms with Crippen LogP contribution in [0.25, 0.3) is 0 Å². The van der Waals surface area contributed by atoms with Crippen molar-refractivity contribution in [1.29, 1.82) is 0 Å². The molecule has 0 aromatic heterocycles. The Morgan fingerprint density at radius 1 is 1.00 bits per heavy atom. The Hall–Kier alpha value is 2.60. The molecule has 19 valence electrons. The maximum atomic E-state index is 0. The maximum Gasteiger partial charge on any atom is 0 e. The molecule has 0 rings (SSSR count). The van der Waals surface area contributed by atoms with Gasteiger partial charge in [0.25, 0.3) is 0 Å². The fraction of sp³-hybridized carbons (Fsp3) is 0. The van der Waals surface area contributed by atoms with Gasteiger partial charge in [0.2, 0.25) is 0 Å². The Kier molecular flexibility index (Phi) is 134. The van der Waals surface area contributed by atoms with Crippen LogP contribution in [0.15, 0.2) is 0 Å². The molecular formula is FeNbTiZn. The van der Waals surface area contributed by atoms with Crippen LogP contribution in [0.2, 0.25) is 0 Å². The van der Waals surface area contributed by atoms with Gasteiger partial charge in [-0.05, 0) is 0 Å². The Bertz CT molecular complexity index is 8.00. The zero-order chi connectivity index (χ0) is 0. The van der Waals surface area contributed by atoms with Crippen LogP contribution in [0.4, 0.5) is 0 Å². The molecule has 4 heavy (non-hydrogen) atoms. The second kappa shape index (κ2) is 17.5. The zero-order valence-electron chi connectivity index (χ0n) is 2.01. The molecule has 0 spiro atoms. The third-order valence-corrected chi connectivity index (χ3v) is 0. The summed E-state index contributed by atoms with van der Waals surface area (Å²) in [6.07, 6.45) is 0. The topological polar surface area (TPSA) is 0 Å². The Labute approximate surface area is 79.5 Å². The summed E-state index contributed by atoms with van der Waals surface area (Å²) in [5.41, 5.74) is 0. The van der Waals surface area contributed by atoms with Gasteiger partial charge < -0.3 is 0 Å². The summed E-state index contributed by atoms with van der Waals surface area (Å²) < 4.78 is 0. The molecule has 0 unspecified atom stereocenters. The van der Waals surface area contributed by atoms with Gasteiger partial charge in [0.05, 0.1) is 0 Å². The molecule has 0 aliphatic heterocycles. The predicted molar refractivity (Wildman–Crippen MR) is 0 cm³/mol. The standard InChI is InChI=1S/Fe.Nb.Ti.Zn. The second-order valence-electron chi connectivity index (χ2n) is 0. The normalized spacial score (nSPS) is 0. The summed E-state index contributed by atoms with van der Waals surface area (Å²) in [7, 11) is 0. The van der Waals surface area contributed by atoms with Gasteiger partial charge in [0.15, 0.2) is 0 Å². The molecule has 0 nitrogen and oxygen atoms in total. The van der Waals surface area contributed by atoms with Crippen LogP contribution in [0.3, 0.4) is 0 Å². The van der Waals surface area contributed by atoms with Crippen LogP contribution in [-0.4, -0.2) is 0 Å². The van der Waals surface area contributed by atoms with Crippen LogP contribution >= 0.6 is 0 Å². The number of rotatable bonds is 0. The van der Waals surface area contributed by atoms with Crippen LogP contribution in [0.1, 0.15) is 0 Å². The monoisotopic (exact) mass is 261 g/mol. The molecule has 4 heteroatoms. The third-order valence-electron chi connectivity index (χ3n) is 0. The molecule has 0 aliphatic rings. The van der Waals surface area contributed by atoms with Crippen molar-refractivity contribution in [2.75, 3.05) is 0 Å². The van der Waals surface area contributed by atoms with E-state index in [1.807, 2.05) is 0 Å². The van der Waals surface area contributed by atoms with Crippen LogP contribution in [-0.2, 0) is 80.6 Å². The second-order valence-corrected chi connectivity index (χ2v) is 0. The molecule has 0 saturated heterocycles. The van der Waals surface area contributed by atoms with Gasteiger partial charge in [-0.1, -0.05) is 0 Å². The molecule has 0 fully saturated rings. The van der Waals surface area contributed by atoms with Gasteiger partial charge in [-0.3, -0.25) is 0 Å². The van der Waals surface area contributed by atoms with E-state index in [0.717, 1.165) is 0 Å². The van der Waals surface area contributed by atoms with E-state index in [2.05, 4.69) is 0 Å². The van der Waals surface area contributed by atoms with E-state index in [1.165, 1.54) is 0 Å². The van der Waals surface area contributed by atoms with Crippen molar-refractivity contribution < 1.29 is 80.6 Å². The van der Waals surface area contributed by atoms with Crippen LogP contribution in [0, 0.1) is 0 Å². The van der Waals surface area contributed by atoms with E-state index in [9.17, 15) is 0 Å². The predicted octanol–water partition coefficient (Wildman–Crippen LogP) is -0.0100. The smallest absolute Gasteiger partial charge is 0 e. The van der Waals surface area contributed by atoms with E-state index in [4.69, 9.17) is 0 Å². The summed E-state index contributed by atoms with van der Waals surface area (Å²) in [4.78, 5) is 0. The molecule has 0 atom stereocenters. The summed E-state index contributed by atoms with van der Waals surface area (Å²) in [5, 5.41) is 0. The molecule has 0 saturated carbocycles. The number of hydrogen-bond donors (Lipinski definition) is 0. The molecule has 0 amide bonds. The average Bonchev–Trinajstić information content (AvgIpc) is 0. The first-order chi connectivity index (χ1) is 0.